The largest absolute Gasteiger partial charge is 0.465 e. The van der Waals surface area contributed by atoms with Crippen LogP contribution in [0.5, 0.6) is 0 Å². The molecule has 0 aliphatic heterocycles. The van der Waals surface area contributed by atoms with Crippen molar-refractivity contribution in [2.45, 2.75) is 70.6 Å². The van der Waals surface area contributed by atoms with Gasteiger partial charge in [0.1, 0.15) is 5.54 Å². The summed E-state index contributed by atoms with van der Waals surface area (Å²) in [5, 5.41) is 4.20. The van der Waals surface area contributed by atoms with Crippen LogP contribution in [0, 0.1) is 5.92 Å². The minimum Gasteiger partial charge on any atom is -0.465 e. The molecule has 0 aromatic carbocycles. The Balaban J connectivity index is 2.70. The second-order valence-electron chi connectivity index (χ2n) is 5.92. The Bertz CT molecular complexity index is 296. The molecule has 118 valence electrons. The Morgan fingerprint density at radius 1 is 1.45 bits per heavy atom. The number of hydrogen-bond acceptors (Lipinski definition) is 4. The van der Waals surface area contributed by atoms with Crippen LogP contribution in [0.4, 0.5) is 0 Å². The maximum absolute atomic E-state index is 12.5. The first kappa shape index (κ1) is 17.8. The molecular weight excluding hydrogens is 270 g/mol. The van der Waals surface area contributed by atoms with Crippen molar-refractivity contribution in [3.63, 3.8) is 0 Å². The highest BCUT2D eigenvalue weighted by Gasteiger charge is 2.49. The Morgan fingerprint density at radius 2 is 2.20 bits per heavy atom. The summed E-state index contributed by atoms with van der Waals surface area (Å²) >= 11 is 1.99. The molecule has 1 aliphatic carbocycles. The van der Waals surface area contributed by atoms with Gasteiger partial charge in [-0.2, -0.15) is 11.8 Å². The zero-order valence-electron chi connectivity index (χ0n) is 13.5. The molecule has 0 radical (unpaired) electrons. The van der Waals surface area contributed by atoms with Crippen molar-refractivity contribution < 1.29 is 9.53 Å². The smallest absolute Gasteiger partial charge is 0.326 e. The topological polar surface area (TPSA) is 38.3 Å². The minimum absolute atomic E-state index is 0.0227. The number of hydrogen-bond donors (Lipinski definition) is 1. The van der Waals surface area contributed by atoms with Gasteiger partial charge in [-0.25, -0.2) is 0 Å². The molecule has 1 fully saturated rings. The molecule has 0 saturated heterocycles. The lowest BCUT2D eigenvalue weighted by molar-refractivity contribution is -0.153. The molecule has 1 aliphatic rings. The predicted octanol–water partition coefficient (Wildman–Crippen LogP) is 3.62. The molecule has 1 saturated carbocycles. The van der Waals surface area contributed by atoms with Gasteiger partial charge < -0.3 is 10.1 Å². The van der Waals surface area contributed by atoms with Crippen LogP contribution in [0.3, 0.4) is 0 Å². The highest BCUT2D eigenvalue weighted by Crippen LogP contribution is 2.40. The summed E-state index contributed by atoms with van der Waals surface area (Å²) < 4.78 is 5.38. The van der Waals surface area contributed by atoms with E-state index >= 15 is 0 Å². The second kappa shape index (κ2) is 8.93. The van der Waals surface area contributed by atoms with E-state index in [1.54, 1.807) is 0 Å². The van der Waals surface area contributed by atoms with E-state index in [1.165, 1.54) is 0 Å². The molecule has 4 heteroatoms. The fraction of sp³-hybridized carbons (Fsp3) is 0.938. The van der Waals surface area contributed by atoms with Gasteiger partial charge >= 0.3 is 5.97 Å². The fourth-order valence-electron chi connectivity index (χ4n) is 3.10. The number of ether oxygens (including phenoxy) is 1. The molecule has 2 atom stereocenters. The van der Waals surface area contributed by atoms with Gasteiger partial charge in [0.15, 0.2) is 0 Å². The quantitative estimate of drug-likeness (QED) is 0.660. The molecule has 20 heavy (non-hydrogen) atoms. The van der Waals surface area contributed by atoms with Crippen LogP contribution < -0.4 is 5.32 Å². The third-order valence-corrected chi connectivity index (χ3v) is 5.21. The molecule has 1 rings (SSSR count). The number of esters is 1. The van der Waals surface area contributed by atoms with Gasteiger partial charge in [0.05, 0.1) is 6.61 Å². The van der Waals surface area contributed by atoms with Gasteiger partial charge in [0.25, 0.3) is 0 Å². The highest BCUT2D eigenvalue weighted by molar-refractivity contribution is 7.99. The van der Waals surface area contributed by atoms with Gasteiger partial charge in [0, 0.05) is 0 Å². The summed E-state index contributed by atoms with van der Waals surface area (Å²) in [6.45, 7) is 9.86. The second-order valence-corrected chi connectivity index (χ2v) is 7.60. The molecular formula is C16H31NO2S. The summed E-state index contributed by atoms with van der Waals surface area (Å²) in [4.78, 5) is 12.5. The average molecular weight is 301 g/mol. The summed E-state index contributed by atoms with van der Waals surface area (Å²) in [7, 11) is 0. The van der Waals surface area contributed by atoms with Crippen LogP contribution in [0.1, 0.15) is 59.8 Å². The van der Waals surface area contributed by atoms with Crippen molar-refractivity contribution in [2.24, 2.45) is 5.92 Å². The Morgan fingerprint density at radius 3 is 2.80 bits per heavy atom. The molecule has 0 spiro atoms. The fourth-order valence-corrected chi connectivity index (χ4v) is 3.99. The molecule has 0 amide bonds. The van der Waals surface area contributed by atoms with Gasteiger partial charge in [-0.3, -0.25) is 4.79 Å². The highest BCUT2D eigenvalue weighted by atomic mass is 32.2. The van der Waals surface area contributed by atoms with Crippen LogP contribution >= 0.6 is 11.8 Å². The minimum atomic E-state index is -0.413. The van der Waals surface area contributed by atoms with E-state index < -0.39 is 5.54 Å². The Kier molecular flexibility index (Phi) is 7.96. The average Bonchev–Trinajstić information content (AvgIpc) is 2.80. The lowest BCUT2D eigenvalue weighted by Crippen LogP contribution is -2.56. The summed E-state index contributed by atoms with van der Waals surface area (Å²) in [6.07, 6.45) is 5.37. The number of carbonyl (C=O) groups is 1. The molecule has 0 aromatic heterocycles. The maximum Gasteiger partial charge on any atom is 0.326 e. The van der Waals surface area contributed by atoms with Crippen molar-refractivity contribution in [1.29, 1.82) is 0 Å². The first-order valence-corrected chi connectivity index (χ1v) is 9.15. The first-order valence-electron chi connectivity index (χ1n) is 8.10. The summed E-state index contributed by atoms with van der Waals surface area (Å²) in [6, 6.07) is 0. The van der Waals surface area contributed by atoms with Gasteiger partial charge in [-0.15, -0.1) is 0 Å². The number of carbonyl (C=O) groups excluding carboxylic acids is 1. The van der Waals surface area contributed by atoms with Crippen molar-refractivity contribution in [2.75, 3.05) is 18.9 Å². The lowest BCUT2D eigenvalue weighted by Gasteiger charge is -2.34. The zero-order chi connectivity index (χ0) is 15.0. The van der Waals surface area contributed by atoms with Crippen molar-refractivity contribution in [1.82, 2.24) is 5.32 Å². The maximum atomic E-state index is 12.5. The number of nitrogens with one attached hydrogen (secondary N) is 1. The van der Waals surface area contributed by atoms with Crippen LogP contribution in [0.25, 0.3) is 0 Å². The molecule has 1 N–H and O–H groups in total. The van der Waals surface area contributed by atoms with Crippen LogP contribution in [0.15, 0.2) is 0 Å². The lowest BCUT2D eigenvalue weighted by atomic mass is 9.84. The van der Waals surface area contributed by atoms with Crippen molar-refractivity contribution >= 4 is 17.7 Å². The van der Waals surface area contributed by atoms with E-state index in [0.717, 1.165) is 44.4 Å². The standard InChI is InChI=1S/C16H31NO2S/c1-5-11-17-16(15(18)19-6-2)10-7-8-14(16)9-12-20-13(3)4/h13-14,17H,5-12H2,1-4H3. The number of thioether (sulfide) groups is 1. The van der Waals surface area contributed by atoms with E-state index in [-0.39, 0.29) is 5.97 Å². The van der Waals surface area contributed by atoms with E-state index in [4.69, 9.17) is 4.74 Å². The molecule has 0 bridgehead atoms. The van der Waals surface area contributed by atoms with Crippen LogP contribution in [0.2, 0.25) is 0 Å². The molecule has 0 heterocycles. The third kappa shape index (κ3) is 4.66. The number of rotatable bonds is 9. The third-order valence-electron chi connectivity index (χ3n) is 4.07. The Hall–Kier alpha value is -0.220. The summed E-state index contributed by atoms with van der Waals surface area (Å²) in [5.41, 5.74) is -0.413. The van der Waals surface area contributed by atoms with E-state index in [2.05, 4.69) is 26.1 Å². The van der Waals surface area contributed by atoms with Crippen molar-refractivity contribution in [3.8, 4) is 0 Å². The monoisotopic (exact) mass is 301 g/mol. The SMILES string of the molecule is CCCNC1(C(=O)OCC)CCCC1CCSC(C)C. The van der Waals surface area contributed by atoms with Gasteiger partial charge in [-0.1, -0.05) is 27.2 Å². The Labute approximate surface area is 128 Å². The normalized spacial score (nSPS) is 26.1. The van der Waals surface area contributed by atoms with Crippen LogP contribution in [-0.4, -0.2) is 35.7 Å². The first-order chi connectivity index (χ1) is 9.56. The van der Waals surface area contributed by atoms with Crippen molar-refractivity contribution in [3.05, 3.63) is 0 Å². The van der Waals surface area contributed by atoms with Crippen LogP contribution in [-0.2, 0) is 9.53 Å². The molecule has 3 nitrogen and oxygen atoms in total. The molecule has 2 unspecified atom stereocenters. The predicted molar refractivity (Wildman–Crippen MR) is 87.2 cm³/mol. The zero-order valence-corrected chi connectivity index (χ0v) is 14.4. The summed E-state index contributed by atoms with van der Waals surface area (Å²) in [5.74, 6) is 1.54. The van der Waals surface area contributed by atoms with E-state index in [0.29, 0.717) is 17.8 Å². The van der Waals surface area contributed by atoms with E-state index in [9.17, 15) is 4.79 Å². The molecule has 0 aromatic rings. The van der Waals surface area contributed by atoms with Gasteiger partial charge in [-0.05, 0) is 56.1 Å². The van der Waals surface area contributed by atoms with E-state index in [1.807, 2.05) is 18.7 Å². The van der Waals surface area contributed by atoms with Gasteiger partial charge in [0.2, 0.25) is 0 Å².